The van der Waals surface area contributed by atoms with Crippen LogP contribution in [0.4, 0.5) is 5.95 Å². The average Bonchev–Trinajstić information content (AvgIpc) is 3.12. The second-order valence-corrected chi connectivity index (χ2v) is 7.48. The summed E-state index contributed by atoms with van der Waals surface area (Å²) in [6, 6.07) is 1.54. The third-order valence-electron chi connectivity index (χ3n) is 4.16. The van der Waals surface area contributed by atoms with E-state index < -0.39 is 0 Å². The lowest BCUT2D eigenvalue weighted by molar-refractivity contribution is 0.0794. The Morgan fingerprint density at radius 2 is 2.12 bits per heavy atom. The lowest BCUT2D eigenvalue weighted by Crippen LogP contribution is -2.28. The molecule has 24 heavy (non-hydrogen) atoms. The van der Waals surface area contributed by atoms with Crippen LogP contribution >= 0.6 is 11.3 Å². The van der Waals surface area contributed by atoms with E-state index in [0.29, 0.717) is 23.9 Å². The fourth-order valence-electron chi connectivity index (χ4n) is 2.94. The second-order valence-electron chi connectivity index (χ2n) is 6.27. The minimum absolute atomic E-state index is 0.0262. The number of nitrogens with one attached hydrogen (secondary N) is 1. The highest BCUT2D eigenvalue weighted by molar-refractivity contribution is 7.13. The quantitative estimate of drug-likeness (QED) is 0.911. The maximum Gasteiger partial charge on any atom is 0.265 e. The maximum atomic E-state index is 12.7. The lowest BCUT2D eigenvalue weighted by Gasteiger charge is -2.17. The normalized spacial score (nSPS) is 17.3. The first-order valence-electron chi connectivity index (χ1n) is 7.87. The monoisotopic (exact) mass is 347 g/mol. The van der Waals surface area contributed by atoms with Crippen LogP contribution in [0, 0.1) is 13.8 Å². The molecule has 1 aliphatic rings. The SMILES string of the molecule is Cc1nc(C)c(C(=O)N2CC[C@H](c3cc(=O)[nH]c(N(C)C)n3)C2)s1. The van der Waals surface area contributed by atoms with E-state index in [0.717, 1.165) is 22.8 Å². The van der Waals surface area contributed by atoms with Crippen molar-refractivity contribution in [2.24, 2.45) is 0 Å². The summed E-state index contributed by atoms with van der Waals surface area (Å²) in [5.74, 6) is 0.652. The molecule has 3 rings (SSSR count). The van der Waals surface area contributed by atoms with Crippen LogP contribution in [-0.2, 0) is 0 Å². The van der Waals surface area contributed by atoms with Crippen molar-refractivity contribution in [1.29, 1.82) is 0 Å². The Morgan fingerprint density at radius 3 is 2.75 bits per heavy atom. The van der Waals surface area contributed by atoms with Crippen LogP contribution in [0.2, 0.25) is 0 Å². The largest absolute Gasteiger partial charge is 0.348 e. The Labute approximate surface area is 144 Å². The number of rotatable bonds is 3. The molecule has 1 aliphatic heterocycles. The third-order valence-corrected chi connectivity index (χ3v) is 5.22. The van der Waals surface area contributed by atoms with Gasteiger partial charge in [0.15, 0.2) is 0 Å². The van der Waals surface area contributed by atoms with E-state index in [2.05, 4.69) is 15.0 Å². The Kier molecular flexibility index (Phi) is 4.40. The summed E-state index contributed by atoms with van der Waals surface area (Å²) in [4.78, 5) is 40.4. The van der Waals surface area contributed by atoms with Crippen LogP contribution in [0.5, 0.6) is 0 Å². The summed E-state index contributed by atoms with van der Waals surface area (Å²) in [6.07, 6.45) is 0.811. The number of likely N-dealkylation sites (tertiary alicyclic amines) is 1. The summed E-state index contributed by atoms with van der Waals surface area (Å²) >= 11 is 1.44. The van der Waals surface area contributed by atoms with E-state index >= 15 is 0 Å². The molecule has 3 heterocycles. The molecular weight excluding hydrogens is 326 g/mol. The average molecular weight is 347 g/mol. The van der Waals surface area contributed by atoms with Crippen molar-refractivity contribution in [2.45, 2.75) is 26.2 Å². The molecule has 0 aliphatic carbocycles. The number of carbonyl (C=O) groups excluding carboxylic acids is 1. The van der Waals surface area contributed by atoms with Crippen molar-refractivity contribution in [3.63, 3.8) is 0 Å². The minimum atomic E-state index is -0.164. The molecular formula is C16H21N5O2S. The molecule has 1 atom stereocenters. The first kappa shape index (κ1) is 16.6. The number of aromatic amines is 1. The van der Waals surface area contributed by atoms with Gasteiger partial charge in [-0.2, -0.15) is 0 Å². The number of hydrogen-bond acceptors (Lipinski definition) is 6. The molecule has 2 aromatic rings. The maximum absolute atomic E-state index is 12.7. The highest BCUT2D eigenvalue weighted by Gasteiger charge is 2.31. The van der Waals surface area contributed by atoms with E-state index in [1.807, 2.05) is 32.8 Å². The molecule has 8 heteroatoms. The first-order valence-corrected chi connectivity index (χ1v) is 8.68. The van der Waals surface area contributed by atoms with Gasteiger partial charge in [-0.3, -0.25) is 14.6 Å². The fraction of sp³-hybridized carbons (Fsp3) is 0.500. The molecule has 128 valence electrons. The number of H-pyrrole nitrogens is 1. The molecule has 0 aromatic carbocycles. The highest BCUT2D eigenvalue weighted by Crippen LogP contribution is 2.28. The fourth-order valence-corrected chi connectivity index (χ4v) is 3.83. The number of carbonyl (C=O) groups is 1. The van der Waals surface area contributed by atoms with E-state index in [9.17, 15) is 9.59 Å². The number of hydrogen-bond donors (Lipinski definition) is 1. The summed E-state index contributed by atoms with van der Waals surface area (Å²) in [5, 5.41) is 0.901. The second kappa shape index (κ2) is 6.35. The molecule has 2 aromatic heterocycles. The van der Waals surface area contributed by atoms with Crippen LogP contribution in [0.3, 0.4) is 0 Å². The van der Waals surface area contributed by atoms with Gasteiger partial charge in [0.1, 0.15) is 4.88 Å². The zero-order valence-corrected chi connectivity index (χ0v) is 15.1. The van der Waals surface area contributed by atoms with Gasteiger partial charge >= 0.3 is 0 Å². The van der Waals surface area contributed by atoms with Gasteiger partial charge in [-0.1, -0.05) is 0 Å². The zero-order chi connectivity index (χ0) is 17.4. The van der Waals surface area contributed by atoms with Gasteiger partial charge < -0.3 is 9.80 Å². The predicted molar refractivity (Wildman–Crippen MR) is 94.0 cm³/mol. The first-order chi connectivity index (χ1) is 11.3. The van der Waals surface area contributed by atoms with Gasteiger partial charge in [-0.15, -0.1) is 11.3 Å². The summed E-state index contributed by atoms with van der Waals surface area (Å²) in [6.45, 7) is 5.03. The molecule has 1 N–H and O–H groups in total. The number of aromatic nitrogens is 3. The molecule has 0 spiro atoms. The van der Waals surface area contributed by atoms with E-state index in [1.165, 1.54) is 17.4 Å². The highest BCUT2D eigenvalue weighted by atomic mass is 32.1. The van der Waals surface area contributed by atoms with Gasteiger partial charge in [0.25, 0.3) is 11.5 Å². The van der Waals surface area contributed by atoms with Crippen molar-refractivity contribution in [2.75, 3.05) is 32.1 Å². The molecule has 7 nitrogen and oxygen atoms in total. The van der Waals surface area contributed by atoms with Crippen molar-refractivity contribution >= 4 is 23.2 Å². The van der Waals surface area contributed by atoms with Gasteiger partial charge in [0.2, 0.25) is 5.95 Å². The molecule has 0 unspecified atom stereocenters. The van der Waals surface area contributed by atoms with Gasteiger partial charge in [0, 0.05) is 39.2 Å². The van der Waals surface area contributed by atoms with E-state index in [-0.39, 0.29) is 17.4 Å². The predicted octanol–water partition coefficient (Wildman–Crippen LogP) is 1.54. The Morgan fingerprint density at radius 1 is 1.38 bits per heavy atom. The molecule has 1 saturated heterocycles. The van der Waals surface area contributed by atoms with Crippen LogP contribution < -0.4 is 10.5 Å². The number of anilines is 1. The topological polar surface area (TPSA) is 82.2 Å². The third kappa shape index (κ3) is 3.19. The van der Waals surface area contributed by atoms with Crippen molar-refractivity contribution in [3.05, 3.63) is 37.7 Å². The molecule has 0 bridgehead atoms. The Bertz CT molecular complexity index is 826. The molecule has 0 saturated carbocycles. The molecule has 1 fully saturated rings. The van der Waals surface area contributed by atoms with Crippen LogP contribution in [0.25, 0.3) is 0 Å². The zero-order valence-electron chi connectivity index (χ0n) is 14.3. The Balaban J connectivity index is 1.79. The van der Waals surface area contributed by atoms with Crippen molar-refractivity contribution in [1.82, 2.24) is 19.9 Å². The summed E-state index contributed by atoms with van der Waals surface area (Å²) < 4.78 is 0. The van der Waals surface area contributed by atoms with Gasteiger partial charge in [-0.25, -0.2) is 9.97 Å². The van der Waals surface area contributed by atoms with Crippen molar-refractivity contribution in [3.8, 4) is 0 Å². The molecule has 1 amide bonds. The van der Waals surface area contributed by atoms with Gasteiger partial charge in [-0.05, 0) is 20.3 Å². The lowest BCUT2D eigenvalue weighted by atomic mass is 10.1. The standard InChI is InChI=1S/C16H21N5O2S/c1-9-14(24-10(2)17-9)15(23)21-6-5-11(8-21)12-7-13(22)19-16(18-12)20(3)4/h7,11H,5-6,8H2,1-4H3,(H,18,19,22)/t11-/m0/s1. The number of nitrogens with zero attached hydrogens (tertiary/aromatic N) is 4. The summed E-state index contributed by atoms with van der Waals surface area (Å²) in [7, 11) is 3.67. The minimum Gasteiger partial charge on any atom is -0.348 e. The number of aryl methyl sites for hydroxylation is 2. The smallest absolute Gasteiger partial charge is 0.265 e. The Hall–Kier alpha value is -2.22. The van der Waals surface area contributed by atoms with Crippen LogP contribution in [-0.4, -0.2) is 52.9 Å². The van der Waals surface area contributed by atoms with Crippen LogP contribution in [0.1, 0.15) is 38.4 Å². The van der Waals surface area contributed by atoms with E-state index in [4.69, 9.17) is 0 Å². The van der Waals surface area contributed by atoms with Crippen molar-refractivity contribution < 1.29 is 4.79 Å². The van der Waals surface area contributed by atoms with Gasteiger partial charge in [0.05, 0.1) is 16.4 Å². The van der Waals surface area contributed by atoms with Crippen LogP contribution in [0.15, 0.2) is 10.9 Å². The number of amides is 1. The summed E-state index contributed by atoms with van der Waals surface area (Å²) in [5.41, 5.74) is 1.37. The van der Waals surface area contributed by atoms with E-state index in [1.54, 1.807) is 4.90 Å². The number of thiazole rings is 1. The molecule has 0 radical (unpaired) electrons.